The average Bonchev–Trinajstić information content (AvgIpc) is 2.36. The van der Waals surface area contributed by atoms with Crippen molar-refractivity contribution in [3.8, 4) is 0 Å². The Bertz CT molecular complexity index is 211. The Hall–Kier alpha value is 0.840. The van der Waals surface area contributed by atoms with Gasteiger partial charge in [0, 0.05) is 10.7 Å². The standard InChI is InChI=1S/C11H28N2.C5H10Br2.C3H9N/c1-12(2,3)10-8-7-9-11-13(4,5)6;6-4-2-1-3-5-7;1-4(2)3/h7-11H2,1-6H3;1-5H2;1-3H3/q+2;;. The molecule has 0 aliphatic heterocycles. The molecule has 0 aromatic carbocycles. The van der Waals surface area contributed by atoms with Crippen molar-refractivity contribution in [3.63, 3.8) is 0 Å². The van der Waals surface area contributed by atoms with E-state index in [1.807, 2.05) is 26.0 Å². The Kier molecular flexibility index (Phi) is 23.0. The normalized spacial score (nSPS) is 11.5. The molecule has 24 heavy (non-hydrogen) atoms. The molecule has 5 heteroatoms. The van der Waals surface area contributed by atoms with Crippen LogP contribution in [-0.2, 0) is 0 Å². The molecule has 0 aliphatic rings. The maximum absolute atomic E-state index is 3.36. The minimum absolute atomic E-state index is 1.10. The van der Waals surface area contributed by atoms with Crippen molar-refractivity contribution in [3.05, 3.63) is 0 Å². The van der Waals surface area contributed by atoms with Gasteiger partial charge < -0.3 is 13.9 Å². The lowest BCUT2D eigenvalue weighted by Gasteiger charge is -2.25. The maximum atomic E-state index is 3.36. The van der Waals surface area contributed by atoms with E-state index < -0.39 is 0 Å². The summed E-state index contributed by atoms with van der Waals surface area (Å²) in [6, 6.07) is 0. The third kappa shape index (κ3) is 49.5. The van der Waals surface area contributed by atoms with Gasteiger partial charge in [-0.1, -0.05) is 38.3 Å². The van der Waals surface area contributed by atoms with Crippen LogP contribution in [0.3, 0.4) is 0 Å². The third-order valence-corrected chi connectivity index (χ3v) is 4.05. The van der Waals surface area contributed by atoms with Crippen molar-refractivity contribution in [1.29, 1.82) is 0 Å². The number of halogens is 2. The third-order valence-electron chi connectivity index (χ3n) is 2.93. The summed E-state index contributed by atoms with van der Waals surface area (Å²) >= 11 is 6.73. The number of hydrogen-bond donors (Lipinski definition) is 0. The van der Waals surface area contributed by atoms with Gasteiger partial charge in [0.15, 0.2) is 0 Å². The van der Waals surface area contributed by atoms with Gasteiger partial charge in [0.25, 0.3) is 0 Å². The summed E-state index contributed by atoms with van der Waals surface area (Å²) < 4.78 is 2.20. The molecular weight excluding hydrogens is 430 g/mol. The number of nitrogens with zero attached hydrogens (tertiary/aromatic N) is 3. The van der Waals surface area contributed by atoms with Gasteiger partial charge in [0.2, 0.25) is 0 Å². The van der Waals surface area contributed by atoms with Gasteiger partial charge in [0.05, 0.1) is 55.4 Å². The van der Waals surface area contributed by atoms with E-state index in [-0.39, 0.29) is 0 Å². The zero-order chi connectivity index (χ0) is 19.6. The zero-order valence-corrected chi connectivity index (χ0v) is 21.3. The second-order valence-corrected chi connectivity index (χ2v) is 10.5. The lowest BCUT2D eigenvalue weighted by molar-refractivity contribution is -0.872. The van der Waals surface area contributed by atoms with Crippen molar-refractivity contribution in [2.45, 2.75) is 38.5 Å². The van der Waals surface area contributed by atoms with Gasteiger partial charge in [-0.15, -0.1) is 0 Å². The number of rotatable bonds is 10. The fraction of sp³-hybridized carbons (Fsp3) is 1.00. The topological polar surface area (TPSA) is 3.24 Å². The van der Waals surface area contributed by atoms with Crippen LogP contribution in [0, 0.1) is 0 Å². The van der Waals surface area contributed by atoms with Crippen LogP contribution in [0.25, 0.3) is 0 Å². The number of hydrogen-bond acceptors (Lipinski definition) is 1. The van der Waals surface area contributed by atoms with E-state index in [2.05, 4.69) is 74.1 Å². The predicted octanol–water partition coefficient (Wildman–Crippen LogP) is 4.69. The highest BCUT2D eigenvalue weighted by Crippen LogP contribution is 2.03. The monoisotopic (exact) mass is 475 g/mol. The lowest BCUT2D eigenvalue weighted by atomic mass is 10.2. The highest BCUT2D eigenvalue weighted by atomic mass is 79.9. The molecule has 150 valence electrons. The Morgan fingerprint density at radius 1 is 0.542 bits per heavy atom. The molecule has 0 heterocycles. The Morgan fingerprint density at radius 2 is 0.792 bits per heavy atom. The van der Waals surface area contributed by atoms with E-state index in [0.717, 1.165) is 19.6 Å². The SMILES string of the molecule is BrCCCCCBr.CN(C)C.C[N+](C)(C)CCCCC[N+](C)(C)C. The highest BCUT2D eigenvalue weighted by Gasteiger charge is 2.08. The van der Waals surface area contributed by atoms with Crippen LogP contribution in [-0.4, -0.2) is 101 Å². The van der Waals surface area contributed by atoms with E-state index >= 15 is 0 Å². The highest BCUT2D eigenvalue weighted by molar-refractivity contribution is 9.09. The smallest absolute Gasteiger partial charge is 0.0780 e. The lowest BCUT2D eigenvalue weighted by Crippen LogP contribution is -2.36. The molecule has 0 N–H and O–H groups in total. The Labute approximate surface area is 171 Å². The quantitative estimate of drug-likeness (QED) is 0.251. The molecule has 0 atom stereocenters. The number of alkyl halides is 2. The predicted molar refractivity (Wildman–Crippen MR) is 121 cm³/mol. The first-order chi connectivity index (χ1) is 10.9. The molecular formula is C19H47Br2N3+2. The fourth-order valence-corrected chi connectivity index (χ4v) is 2.51. The number of quaternary nitrogens is 2. The Balaban J connectivity index is -0.000000335. The molecule has 0 fully saturated rings. The molecule has 0 saturated heterocycles. The van der Waals surface area contributed by atoms with Crippen LogP contribution in [0.15, 0.2) is 0 Å². The summed E-state index contributed by atoms with van der Waals surface area (Å²) in [5, 5.41) is 2.31. The van der Waals surface area contributed by atoms with Crippen LogP contribution in [0.1, 0.15) is 38.5 Å². The van der Waals surface area contributed by atoms with Crippen molar-refractivity contribution in [2.75, 3.05) is 87.2 Å². The van der Waals surface area contributed by atoms with Crippen molar-refractivity contribution >= 4 is 31.9 Å². The van der Waals surface area contributed by atoms with Crippen LogP contribution < -0.4 is 0 Å². The van der Waals surface area contributed by atoms with Crippen LogP contribution in [0.5, 0.6) is 0 Å². The summed E-state index contributed by atoms with van der Waals surface area (Å²) in [4.78, 5) is 2.00. The van der Waals surface area contributed by atoms with Gasteiger partial charge in [-0.05, 0) is 53.2 Å². The molecule has 3 nitrogen and oxygen atoms in total. The molecule has 0 aromatic rings. The fourth-order valence-electron chi connectivity index (χ4n) is 1.71. The van der Waals surface area contributed by atoms with E-state index in [9.17, 15) is 0 Å². The van der Waals surface area contributed by atoms with Crippen molar-refractivity contribution in [2.24, 2.45) is 0 Å². The van der Waals surface area contributed by atoms with Gasteiger partial charge >= 0.3 is 0 Å². The second-order valence-electron chi connectivity index (χ2n) is 8.87. The van der Waals surface area contributed by atoms with Crippen molar-refractivity contribution < 1.29 is 8.97 Å². The summed E-state index contributed by atoms with van der Waals surface area (Å²) in [7, 11) is 19.6. The minimum Gasteiger partial charge on any atom is -0.331 e. The first-order valence-electron chi connectivity index (χ1n) is 9.19. The number of unbranched alkanes of at least 4 members (excludes halogenated alkanes) is 4. The first-order valence-corrected chi connectivity index (χ1v) is 11.4. The summed E-state index contributed by atoms with van der Waals surface area (Å²) in [5.41, 5.74) is 0. The van der Waals surface area contributed by atoms with Crippen LogP contribution >= 0.6 is 31.9 Å². The van der Waals surface area contributed by atoms with Gasteiger partial charge in [-0.2, -0.15) is 0 Å². The van der Waals surface area contributed by atoms with E-state index in [1.54, 1.807) is 0 Å². The molecule has 0 aliphatic carbocycles. The molecule has 0 radical (unpaired) electrons. The minimum atomic E-state index is 1.10. The van der Waals surface area contributed by atoms with E-state index in [1.165, 1.54) is 51.6 Å². The van der Waals surface area contributed by atoms with E-state index in [0.29, 0.717) is 0 Å². The second kappa shape index (κ2) is 18.6. The molecule has 0 saturated carbocycles. The van der Waals surface area contributed by atoms with Crippen molar-refractivity contribution in [1.82, 2.24) is 4.90 Å². The van der Waals surface area contributed by atoms with Crippen LogP contribution in [0.4, 0.5) is 0 Å². The maximum Gasteiger partial charge on any atom is 0.0780 e. The molecule has 0 rings (SSSR count). The first kappa shape index (κ1) is 29.6. The van der Waals surface area contributed by atoms with Crippen LogP contribution in [0.2, 0.25) is 0 Å². The van der Waals surface area contributed by atoms with E-state index in [4.69, 9.17) is 0 Å². The largest absolute Gasteiger partial charge is 0.331 e. The van der Waals surface area contributed by atoms with Gasteiger partial charge in [0.1, 0.15) is 0 Å². The average molecular weight is 477 g/mol. The van der Waals surface area contributed by atoms with Gasteiger partial charge in [-0.25, -0.2) is 0 Å². The molecule has 0 aromatic heterocycles. The molecule has 0 amide bonds. The van der Waals surface area contributed by atoms with Gasteiger partial charge in [-0.3, -0.25) is 0 Å². The zero-order valence-electron chi connectivity index (χ0n) is 18.2. The molecule has 0 spiro atoms. The summed E-state index contributed by atoms with van der Waals surface area (Å²) in [5.74, 6) is 0. The Morgan fingerprint density at radius 3 is 1.00 bits per heavy atom. The molecule has 0 unspecified atom stereocenters. The summed E-state index contributed by atoms with van der Waals surface area (Å²) in [6.45, 7) is 2.61. The molecule has 0 bridgehead atoms. The summed E-state index contributed by atoms with van der Waals surface area (Å²) in [6.07, 6.45) is 8.08.